The molecule has 0 fully saturated rings. The van der Waals surface area contributed by atoms with Gasteiger partial charge in [-0.05, 0) is 24.7 Å². The standard InChI is InChI=1S/C26H55NO6S2/c1-7-11-13-15-17-19-21-25(23(5)9-3,34(28,29)30)27-26(24(6)10-4,35(31,32)33)22-20-18-16-14-12-8-2/h23-24,27H,7-22H2,1-6H3,(H,28,29,30)(H,31,32,33). The molecule has 0 aromatic carbocycles. The molecule has 0 heterocycles. The molecule has 9 heteroatoms. The molecule has 3 N–H and O–H groups in total. The molecule has 212 valence electrons. The Balaban J connectivity index is 6.26. The van der Waals surface area contributed by atoms with Gasteiger partial charge in [0, 0.05) is 0 Å². The van der Waals surface area contributed by atoms with E-state index in [2.05, 4.69) is 19.2 Å². The lowest BCUT2D eigenvalue weighted by Crippen LogP contribution is -2.69. The van der Waals surface area contributed by atoms with Crippen molar-refractivity contribution in [1.82, 2.24) is 5.32 Å². The van der Waals surface area contributed by atoms with E-state index in [-0.39, 0.29) is 12.8 Å². The third kappa shape index (κ3) is 10.2. The van der Waals surface area contributed by atoms with Crippen molar-refractivity contribution in [2.75, 3.05) is 0 Å². The first-order valence-electron chi connectivity index (χ1n) is 14.0. The topological polar surface area (TPSA) is 121 Å². The molecule has 0 amide bonds. The van der Waals surface area contributed by atoms with Gasteiger partial charge < -0.3 is 0 Å². The van der Waals surface area contributed by atoms with Crippen LogP contribution in [0.15, 0.2) is 0 Å². The second kappa shape index (κ2) is 16.6. The van der Waals surface area contributed by atoms with Gasteiger partial charge in [0.1, 0.15) is 0 Å². The minimum Gasteiger partial charge on any atom is -0.284 e. The SMILES string of the molecule is CCCCCCCCC(NC(CCCCCCCC)(C(C)CC)S(=O)(=O)O)(C(C)CC)S(=O)(=O)O. The predicted octanol–water partition coefficient (Wildman–Crippen LogP) is 7.34. The van der Waals surface area contributed by atoms with E-state index in [9.17, 15) is 25.9 Å². The lowest BCUT2D eigenvalue weighted by molar-refractivity contribution is 0.167. The van der Waals surface area contributed by atoms with Crippen LogP contribution in [-0.4, -0.2) is 35.7 Å². The molecule has 7 nitrogen and oxygen atoms in total. The van der Waals surface area contributed by atoms with Crippen LogP contribution in [-0.2, 0) is 20.2 Å². The quantitative estimate of drug-likeness (QED) is 0.0968. The van der Waals surface area contributed by atoms with Crippen LogP contribution in [0.5, 0.6) is 0 Å². The van der Waals surface area contributed by atoms with Crippen molar-refractivity contribution in [2.45, 2.75) is 154 Å². The van der Waals surface area contributed by atoms with Crippen molar-refractivity contribution in [1.29, 1.82) is 0 Å². The molecule has 0 aliphatic heterocycles. The summed E-state index contributed by atoms with van der Waals surface area (Å²) >= 11 is 0. The Morgan fingerprint density at radius 1 is 0.571 bits per heavy atom. The third-order valence-corrected chi connectivity index (χ3v) is 11.2. The zero-order valence-corrected chi connectivity index (χ0v) is 24.9. The van der Waals surface area contributed by atoms with Gasteiger partial charge in [0.25, 0.3) is 20.2 Å². The molecule has 0 radical (unpaired) electrons. The molecule has 4 unspecified atom stereocenters. The maximum Gasteiger partial charge on any atom is 0.284 e. The van der Waals surface area contributed by atoms with Gasteiger partial charge in [-0.25, -0.2) is 0 Å². The van der Waals surface area contributed by atoms with Gasteiger partial charge in [-0.1, -0.05) is 131 Å². The lowest BCUT2D eigenvalue weighted by Gasteiger charge is -2.47. The predicted molar refractivity (Wildman–Crippen MR) is 147 cm³/mol. The second-order valence-electron chi connectivity index (χ2n) is 10.5. The minimum atomic E-state index is -4.70. The molecule has 35 heavy (non-hydrogen) atoms. The fraction of sp³-hybridized carbons (Fsp3) is 1.00. The highest BCUT2D eigenvalue weighted by molar-refractivity contribution is 7.88. The number of nitrogens with one attached hydrogen (secondary N) is 1. The molecule has 0 aromatic heterocycles. The van der Waals surface area contributed by atoms with Crippen molar-refractivity contribution in [3.05, 3.63) is 0 Å². The average molecular weight is 542 g/mol. The van der Waals surface area contributed by atoms with Gasteiger partial charge >= 0.3 is 0 Å². The molecule has 0 aromatic rings. The Kier molecular flexibility index (Phi) is 16.5. The highest BCUT2D eigenvalue weighted by atomic mass is 32.2. The maximum atomic E-state index is 13.0. The average Bonchev–Trinajstić information content (AvgIpc) is 2.78. The van der Waals surface area contributed by atoms with Crippen LogP contribution in [0.25, 0.3) is 0 Å². The van der Waals surface area contributed by atoms with Crippen molar-refractivity contribution in [3.63, 3.8) is 0 Å². The van der Waals surface area contributed by atoms with Crippen LogP contribution < -0.4 is 5.32 Å². The number of rotatable bonds is 22. The molecule has 4 atom stereocenters. The minimum absolute atomic E-state index is 0.0944. The van der Waals surface area contributed by atoms with Crippen LogP contribution in [0.3, 0.4) is 0 Å². The first kappa shape index (κ1) is 34.8. The largest absolute Gasteiger partial charge is 0.284 e. The van der Waals surface area contributed by atoms with Crippen molar-refractivity contribution >= 4 is 20.2 Å². The molecule has 0 bridgehead atoms. The van der Waals surface area contributed by atoms with E-state index < -0.39 is 41.8 Å². The van der Waals surface area contributed by atoms with Gasteiger partial charge in [-0.3, -0.25) is 14.4 Å². The van der Waals surface area contributed by atoms with E-state index in [0.29, 0.717) is 25.7 Å². The molecule has 0 saturated heterocycles. The summed E-state index contributed by atoms with van der Waals surface area (Å²) in [6, 6.07) is 0. The summed E-state index contributed by atoms with van der Waals surface area (Å²) in [4.78, 5) is -3.71. The monoisotopic (exact) mass is 541 g/mol. The number of unbranched alkanes of at least 4 members (excludes halogenated alkanes) is 10. The summed E-state index contributed by atoms with van der Waals surface area (Å²) in [5, 5.41) is 2.99. The summed E-state index contributed by atoms with van der Waals surface area (Å²) in [6.45, 7) is 11.4. The Labute approximate surface area is 217 Å². The Bertz CT molecular complexity index is 707. The summed E-state index contributed by atoms with van der Waals surface area (Å²) in [5.74, 6) is -1.11. The summed E-state index contributed by atoms with van der Waals surface area (Å²) in [7, 11) is -9.40. The van der Waals surface area contributed by atoms with E-state index in [0.717, 1.165) is 64.2 Å². The van der Waals surface area contributed by atoms with Gasteiger partial charge in [0.05, 0.1) is 0 Å². The summed E-state index contributed by atoms with van der Waals surface area (Å²) < 4.78 is 73.1. The Hall–Kier alpha value is -0.220. The zero-order valence-electron chi connectivity index (χ0n) is 23.3. The van der Waals surface area contributed by atoms with Gasteiger partial charge in [0.2, 0.25) is 0 Å². The van der Waals surface area contributed by atoms with Crippen molar-refractivity contribution in [2.24, 2.45) is 11.8 Å². The number of hydrogen-bond acceptors (Lipinski definition) is 5. The summed E-state index contributed by atoms with van der Waals surface area (Å²) in [5.41, 5.74) is 0. The van der Waals surface area contributed by atoms with Crippen LogP contribution in [0.1, 0.15) is 144 Å². The summed E-state index contributed by atoms with van der Waals surface area (Å²) in [6.07, 6.45) is 12.2. The second-order valence-corrected chi connectivity index (χ2v) is 13.9. The Morgan fingerprint density at radius 2 is 0.857 bits per heavy atom. The van der Waals surface area contributed by atoms with E-state index >= 15 is 0 Å². The van der Waals surface area contributed by atoms with Crippen LogP contribution in [0.4, 0.5) is 0 Å². The fourth-order valence-corrected chi connectivity index (χ4v) is 7.95. The van der Waals surface area contributed by atoms with E-state index in [1.807, 2.05) is 13.8 Å². The van der Waals surface area contributed by atoms with Crippen LogP contribution >= 0.6 is 0 Å². The van der Waals surface area contributed by atoms with E-state index in [1.165, 1.54) is 0 Å². The van der Waals surface area contributed by atoms with Crippen LogP contribution in [0, 0.1) is 11.8 Å². The molecule has 0 rings (SSSR count). The smallest absolute Gasteiger partial charge is 0.284 e. The van der Waals surface area contributed by atoms with Crippen LogP contribution in [0.2, 0.25) is 0 Å². The van der Waals surface area contributed by atoms with E-state index in [4.69, 9.17) is 0 Å². The molecule has 0 aliphatic rings. The maximum absolute atomic E-state index is 13.0. The molecule has 0 spiro atoms. The van der Waals surface area contributed by atoms with Gasteiger partial charge in [-0.2, -0.15) is 16.8 Å². The van der Waals surface area contributed by atoms with Gasteiger partial charge in [0.15, 0.2) is 9.74 Å². The highest BCUT2D eigenvalue weighted by Crippen LogP contribution is 2.40. The first-order chi connectivity index (χ1) is 16.3. The zero-order chi connectivity index (χ0) is 27.2. The van der Waals surface area contributed by atoms with Gasteiger partial charge in [-0.15, -0.1) is 0 Å². The Morgan fingerprint density at radius 3 is 1.11 bits per heavy atom. The number of hydrogen-bond donors (Lipinski definition) is 3. The molecule has 0 aliphatic carbocycles. The van der Waals surface area contributed by atoms with E-state index in [1.54, 1.807) is 13.8 Å². The molecular formula is C26H55NO6S2. The molecule has 0 saturated carbocycles. The lowest BCUT2D eigenvalue weighted by atomic mass is 9.87. The van der Waals surface area contributed by atoms with Crippen molar-refractivity contribution in [3.8, 4) is 0 Å². The van der Waals surface area contributed by atoms with Crippen molar-refractivity contribution < 1.29 is 25.9 Å². The third-order valence-electron chi connectivity index (χ3n) is 7.96. The normalized spacial score (nSPS) is 18.1. The first-order valence-corrected chi connectivity index (χ1v) is 16.9. The highest BCUT2D eigenvalue weighted by Gasteiger charge is 2.57. The fourth-order valence-electron chi connectivity index (χ4n) is 5.11. The molecular weight excluding hydrogens is 486 g/mol.